The van der Waals surface area contributed by atoms with Crippen LogP contribution < -0.4 is 10.9 Å². The zero-order chi connectivity index (χ0) is 29.5. The van der Waals surface area contributed by atoms with Gasteiger partial charge in [-0.1, -0.05) is 54.5 Å². The fourth-order valence-electron chi connectivity index (χ4n) is 6.28. The van der Waals surface area contributed by atoms with Gasteiger partial charge in [0, 0.05) is 48.2 Å². The molecule has 6 rings (SSSR count). The molecular formula is C34H37ClN4O2S. The Balaban J connectivity index is 1.58. The molecule has 4 heterocycles. The zero-order valence-corrected chi connectivity index (χ0v) is 26.2. The number of benzene rings is 1. The summed E-state index contributed by atoms with van der Waals surface area (Å²) in [5.41, 5.74) is 7.31. The van der Waals surface area contributed by atoms with Gasteiger partial charge < -0.3 is 10.2 Å². The number of rotatable bonds is 6. The summed E-state index contributed by atoms with van der Waals surface area (Å²) in [6.07, 6.45) is 9.39. The van der Waals surface area contributed by atoms with Crippen LogP contribution in [0, 0.1) is 6.92 Å². The molecule has 0 radical (unpaired) electrons. The van der Waals surface area contributed by atoms with E-state index in [4.69, 9.17) is 16.6 Å². The van der Waals surface area contributed by atoms with Crippen LogP contribution in [-0.2, 0) is 0 Å². The second-order valence-corrected chi connectivity index (χ2v) is 13.3. The molecule has 8 heteroatoms. The van der Waals surface area contributed by atoms with E-state index < -0.39 is 0 Å². The summed E-state index contributed by atoms with van der Waals surface area (Å²) < 4.78 is 1.76. The van der Waals surface area contributed by atoms with E-state index in [9.17, 15) is 9.59 Å². The molecule has 3 atom stereocenters. The van der Waals surface area contributed by atoms with Crippen molar-refractivity contribution in [2.24, 2.45) is 0 Å². The molecule has 2 aromatic heterocycles. The summed E-state index contributed by atoms with van der Waals surface area (Å²) >= 11 is 8.09. The van der Waals surface area contributed by atoms with Crippen molar-refractivity contribution in [3.63, 3.8) is 0 Å². The van der Waals surface area contributed by atoms with Gasteiger partial charge in [0.2, 0.25) is 0 Å². The molecule has 1 aliphatic carbocycles. The maximum atomic E-state index is 14.6. The number of allylic oxidation sites excluding steroid dienone is 5. The first-order valence-electron chi connectivity index (χ1n) is 14.8. The minimum absolute atomic E-state index is 0.0429. The number of aryl methyl sites for hydroxylation is 1. The summed E-state index contributed by atoms with van der Waals surface area (Å²) in [5, 5.41) is 5.98. The van der Waals surface area contributed by atoms with Gasteiger partial charge in [0.25, 0.3) is 11.5 Å². The molecule has 1 N–H and O–H groups in total. The van der Waals surface area contributed by atoms with E-state index in [2.05, 4.69) is 31.3 Å². The molecule has 2 bridgehead atoms. The van der Waals surface area contributed by atoms with E-state index in [0.29, 0.717) is 53.4 Å². The minimum Gasteiger partial charge on any atom is -0.335 e. The Kier molecular flexibility index (Phi) is 8.09. The van der Waals surface area contributed by atoms with Gasteiger partial charge in [-0.2, -0.15) is 0 Å². The molecule has 2 unspecified atom stereocenters. The number of pyridine rings is 1. The van der Waals surface area contributed by atoms with Gasteiger partial charge in [-0.25, -0.2) is 4.98 Å². The maximum absolute atomic E-state index is 14.6. The molecule has 2 fully saturated rings. The average Bonchev–Trinajstić information content (AvgIpc) is 3.59. The maximum Gasteiger partial charge on any atom is 0.265 e. The molecule has 1 amide bonds. The molecule has 3 aromatic rings. The van der Waals surface area contributed by atoms with Crippen LogP contribution in [0.3, 0.4) is 0 Å². The predicted molar refractivity (Wildman–Crippen MR) is 174 cm³/mol. The van der Waals surface area contributed by atoms with Crippen LogP contribution >= 0.6 is 22.9 Å². The Morgan fingerprint density at radius 1 is 1.17 bits per heavy atom. The molecule has 2 aliphatic heterocycles. The number of hydrogen-bond donors (Lipinski definition) is 1. The number of halogens is 1. The normalized spacial score (nSPS) is 21.6. The number of amides is 1. The second-order valence-electron chi connectivity index (χ2n) is 11.9. The van der Waals surface area contributed by atoms with Gasteiger partial charge in [-0.05, 0) is 57.7 Å². The van der Waals surface area contributed by atoms with Crippen molar-refractivity contribution < 1.29 is 4.79 Å². The van der Waals surface area contributed by atoms with Gasteiger partial charge in [0.05, 0.1) is 27.9 Å². The van der Waals surface area contributed by atoms with Gasteiger partial charge >= 0.3 is 0 Å². The number of hydrogen-bond acceptors (Lipinski definition) is 5. The van der Waals surface area contributed by atoms with Gasteiger partial charge in [-0.15, -0.1) is 22.9 Å². The Bertz CT molecular complexity index is 1660. The molecule has 42 heavy (non-hydrogen) atoms. The molecular weight excluding hydrogens is 564 g/mol. The highest BCUT2D eigenvalue weighted by molar-refractivity contribution is 7.13. The summed E-state index contributed by atoms with van der Waals surface area (Å²) in [7, 11) is 0. The average molecular weight is 601 g/mol. The molecule has 6 nitrogen and oxygen atoms in total. The van der Waals surface area contributed by atoms with Crippen molar-refractivity contribution in [1.82, 2.24) is 19.8 Å². The van der Waals surface area contributed by atoms with Crippen LogP contribution in [0.1, 0.15) is 68.1 Å². The second kappa shape index (κ2) is 11.8. The minimum atomic E-state index is -0.235. The highest BCUT2D eigenvalue weighted by Gasteiger charge is 2.36. The number of fused-ring (bicyclic) bond motifs is 2. The number of likely N-dealkylation sites (tertiary alicyclic amines) is 1. The molecule has 0 saturated carbocycles. The zero-order valence-electron chi connectivity index (χ0n) is 24.6. The quantitative estimate of drug-likeness (QED) is 0.306. The fourth-order valence-corrected chi connectivity index (χ4v) is 7.34. The SMILES string of the molecule is CCC1=C(n2c(C=C(C)C)c(C(=O)N3CC4CCC(C3)N4)cc(-c3nc(-c4ccc(C)cc4)cs3)c2=O)C[C@@H](Cl)C=C1. The summed E-state index contributed by atoms with van der Waals surface area (Å²) in [6, 6.07) is 10.6. The lowest BCUT2D eigenvalue weighted by molar-refractivity contribution is 0.0696. The predicted octanol–water partition coefficient (Wildman–Crippen LogP) is 7.14. The first kappa shape index (κ1) is 28.8. The van der Waals surface area contributed by atoms with E-state index in [1.807, 2.05) is 54.5 Å². The standard InChI is InChI=1S/C34H37ClN4O2S/c1-5-22-10-11-24(35)15-30(22)39-31(14-20(2)3)27(33(40)38-17-25-12-13-26(18-38)36-25)16-28(34(39)41)32-37-29(19-42-32)23-8-6-21(4)7-9-23/h6-11,14,16,19,24-26,36H,5,12-13,15,17-18H2,1-4H3/t24-,25?,26?/m0/s1. The van der Waals surface area contributed by atoms with E-state index >= 15 is 0 Å². The van der Waals surface area contributed by atoms with Crippen LogP contribution in [0.2, 0.25) is 0 Å². The van der Waals surface area contributed by atoms with Gasteiger partial charge in [0.15, 0.2) is 0 Å². The van der Waals surface area contributed by atoms with E-state index in [0.717, 1.165) is 47.4 Å². The highest BCUT2D eigenvalue weighted by atomic mass is 35.5. The largest absolute Gasteiger partial charge is 0.335 e. The van der Waals surface area contributed by atoms with Crippen LogP contribution in [0.15, 0.2) is 63.8 Å². The number of piperazine rings is 1. The third-order valence-electron chi connectivity index (χ3n) is 8.40. The lowest BCUT2D eigenvalue weighted by Gasteiger charge is -2.34. The highest BCUT2D eigenvalue weighted by Crippen LogP contribution is 2.34. The lowest BCUT2D eigenvalue weighted by atomic mass is 9.98. The molecule has 1 aromatic carbocycles. The summed E-state index contributed by atoms with van der Waals surface area (Å²) in [6.45, 7) is 9.47. The van der Waals surface area contributed by atoms with E-state index in [1.54, 1.807) is 10.6 Å². The topological polar surface area (TPSA) is 67.2 Å². The monoisotopic (exact) mass is 600 g/mol. The Morgan fingerprint density at radius 2 is 1.88 bits per heavy atom. The summed E-state index contributed by atoms with van der Waals surface area (Å²) in [5.74, 6) is -0.0429. The van der Waals surface area contributed by atoms with Crippen LogP contribution in [-0.4, -0.2) is 50.9 Å². The number of thiazole rings is 1. The van der Waals surface area contributed by atoms with Gasteiger partial charge in [-0.3, -0.25) is 14.2 Å². The Hall–Kier alpha value is -3.26. The first-order chi connectivity index (χ1) is 20.2. The van der Waals surface area contributed by atoms with Crippen molar-refractivity contribution in [2.45, 2.75) is 70.8 Å². The number of nitrogens with zero attached hydrogens (tertiary/aromatic N) is 3. The number of carbonyl (C=O) groups excluding carboxylic acids is 1. The van der Waals surface area contributed by atoms with Crippen LogP contribution in [0.25, 0.3) is 33.6 Å². The first-order valence-corrected chi connectivity index (χ1v) is 16.1. The van der Waals surface area contributed by atoms with Crippen LogP contribution in [0.4, 0.5) is 0 Å². The third kappa shape index (κ3) is 5.58. The van der Waals surface area contributed by atoms with Crippen molar-refractivity contribution in [2.75, 3.05) is 13.1 Å². The Morgan fingerprint density at radius 3 is 2.55 bits per heavy atom. The van der Waals surface area contributed by atoms with E-state index in [1.165, 1.54) is 16.9 Å². The van der Waals surface area contributed by atoms with Crippen molar-refractivity contribution in [1.29, 1.82) is 0 Å². The summed E-state index contributed by atoms with van der Waals surface area (Å²) in [4.78, 5) is 35.8. The smallest absolute Gasteiger partial charge is 0.265 e. The number of alkyl halides is 1. The fraction of sp³-hybridized carbons (Fsp3) is 0.382. The lowest BCUT2D eigenvalue weighted by Crippen LogP contribution is -2.53. The molecule has 218 valence electrons. The van der Waals surface area contributed by atoms with Crippen molar-refractivity contribution in [3.8, 4) is 21.8 Å². The number of aromatic nitrogens is 2. The molecule has 2 saturated heterocycles. The third-order valence-corrected chi connectivity index (χ3v) is 9.57. The number of carbonyl (C=O) groups is 1. The van der Waals surface area contributed by atoms with E-state index in [-0.39, 0.29) is 16.8 Å². The number of nitrogens with one attached hydrogen (secondary N) is 1. The van der Waals surface area contributed by atoms with Crippen LogP contribution in [0.5, 0.6) is 0 Å². The Labute approximate surface area is 256 Å². The molecule has 3 aliphatic rings. The van der Waals surface area contributed by atoms with Crippen molar-refractivity contribution >= 4 is 40.6 Å². The van der Waals surface area contributed by atoms with Gasteiger partial charge in [0.1, 0.15) is 5.01 Å². The molecule has 0 spiro atoms. The van der Waals surface area contributed by atoms with Crippen molar-refractivity contribution in [3.05, 3.63) is 86.2 Å².